The Bertz CT molecular complexity index is 4930. The summed E-state index contributed by atoms with van der Waals surface area (Å²) in [5, 5.41) is 9.38. The fourth-order valence-corrected chi connectivity index (χ4v) is 148. The molecular formula is C90H80Cl2O4Si2Zr. The average Bonchev–Trinajstić information content (AvgIpc) is 1.52. The Labute approximate surface area is 589 Å². The van der Waals surface area contributed by atoms with Crippen molar-refractivity contribution < 1.29 is 33.9 Å². The topological polar surface area (TPSA) is 36.9 Å². The number of halogens is 2. The molecular weight excluding hydrogens is 1360 g/mol. The molecule has 10 aliphatic rings. The summed E-state index contributed by atoms with van der Waals surface area (Å²) in [5.41, 5.74) is 20.7. The molecule has 5 spiro atoms. The fourth-order valence-electron chi connectivity index (χ4n) is 24.5. The van der Waals surface area contributed by atoms with E-state index in [0.29, 0.717) is 0 Å². The first-order chi connectivity index (χ1) is 48.0. The van der Waals surface area contributed by atoms with Crippen molar-refractivity contribution in [3.05, 3.63) is 356 Å². The number of hydrogen-bond donors (Lipinski definition) is 0. The molecule has 0 radical (unpaired) electrons. The summed E-state index contributed by atoms with van der Waals surface area (Å²) in [4.78, 5) is 0. The molecule has 0 aromatic heterocycles. The van der Waals surface area contributed by atoms with E-state index >= 15 is 0 Å². The van der Waals surface area contributed by atoms with Crippen molar-refractivity contribution in [3.8, 4) is 23.0 Å². The van der Waals surface area contributed by atoms with Crippen molar-refractivity contribution in [1.29, 1.82) is 0 Å². The van der Waals surface area contributed by atoms with E-state index in [-0.39, 0.29) is 23.7 Å². The van der Waals surface area contributed by atoms with Crippen molar-refractivity contribution in [1.82, 2.24) is 0 Å². The second kappa shape index (κ2) is 21.6. The van der Waals surface area contributed by atoms with E-state index in [1.807, 2.05) is 0 Å². The van der Waals surface area contributed by atoms with Gasteiger partial charge in [-0.05, 0) is 0 Å². The summed E-state index contributed by atoms with van der Waals surface area (Å²) >= 11 is -7.87. The maximum absolute atomic E-state index is 11.7. The minimum absolute atomic E-state index is 0.152. The van der Waals surface area contributed by atoms with Gasteiger partial charge in [0.05, 0.1) is 0 Å². The Morgan fingerprint density at radius 2 is 0.556 bits per heavy atom. The SMILES string of the molecule is COc1ccc2cccc(C3C=CC=CC4=C3C=C(C)[C]43[SiH](C)[C]4(C(C)=CC5=C4C=CC=CC5c4cccc5ccc(OC)cc45)[Zr]34([Cl])([Cl])[C]3(C(C)=CC5=C3C=CC=CC5c3cccc5ccc(OC)cc35)[SiH](C)[C]43C(C)=CC4=C3C=CC=CC4c3cccc4ccc(OC)cc34)c2c1. The van der Waals surface area contributed by atoms with Crippen molar-refractivity contribution in [2.75, 3.05) is 28.4 Å². The Hall–Kier alpha value is -8.26. The van der Waals surface area contributed by atoms with Crippen LogP contribution in [0, 0.1) is 0 Å². The number of hydrogen-bond acceptors (Lipinski definition) is 4. The Morgan fingerprint density at radius 1 is 0.323 bits per heavy atom. The van der Waals surface area contributed by atoms with Gasteiger partial charge in [0.1, 0.15) is 0 Å². The normalized spacial score (nSPS) is 30.3. The number of benzene rings is 8. The molecule has 18 rings (SSSR count). The van der Waals surface area contributed by atoms with Crippen LogP contribution in [0.25, 0.3) is 43.1 Å². The Balaban J connectivity index is 1.03. The zero-order valence-corrected chi connectivity index (χ0v) is 64.0. The predicted molar refractivity (Wildman–Crippen MR) is 418 cm³/mol. The first-order valence-corrected chi connectivity index (χ1v) is 51.0. The molecule has 0 amide bonds. The first kappa shape index (κ1) is 63.0. The molecule has 9 heteroatoms. The van der Waals surface area contributed by atoms with Crippen molar-refractivity contribution in [2.45, 2.75) is 75.4 Å². The summed E-state index contributed by atoms with van der Waals surface area (Å²) in [5.74, 6) is 2.73. The molecule has 8 atom stereocenters. The summed E-state index contributed by atoms with van der Waals surface area (Å²) in [6.45, 7) is 15.5. The Kier molecular flexibility index (Phi) is 13.8. The van der Waals surface area contributed by atoms with Gasteiger partial charge in [0.15, 0.2) is 0 Å². The van der Waals surface area contributed by atoms with Crippen LogP contribution < -0.4 is 18.9 Å². The van der Waals surface area contributed by atoms with Crippen LogP contribution in [0.2, 0.25) is 24.1 Å². The average molecular weight is 1440 g/mol. The van der Waals surface area contributed by atoms with Gasteiger partial charge in [0.25, 0.3) is 0 Å². The van der Waals surface area contributed by atoms with Gasteiger partial charge in [-0.15, -0.1) is 0 Å². The molecule has 8 aliphatic carbocycles. The van der Waals surface area contributed by atoms with Gasteiger partial charge in [-0.25, -0.2) is 0 Å². The molecule has 8 aromatic rings. The number of ether oxygens (including phenoxy) is 4. The molecule has 490 valence electrons. The molecule has 0 bridgehead atoms. The third kappa shape index (κ3) is 6.93. The summed E-state index contributed by atoms with van der Waals surface area (Å²) in [6, 6.07) is 53.5. The molecule has 99 heavy (non-hydrogen) atoms. The molecule has 0 N–H and O–H groups in total. The van der Waals surface area contributed by atoms with E-state index in [9.17, 15) is 17.0 Å². The second-order valence-electron chi connectivity index (χ2n) is 29.7. The van der Waals surface area contributed by atoms with Gasteiger partial charge in [0.2, 0.25) is 0 Å². The molecule has 8 aromatic carbocycles. The molecule has 4 nitrogen and oxygen atoms in total. The molecule has 2 fully saturated rings. The summed E-state index contributed by atoms with van der Waals surface area (Å²) in [7, 11) is 25.0. The summed E-state index contributed by atoms with van der Waals surface area (Å²) in [6.07, 6.45) is 49.2. The van der Waals surface area contributed by atoms with Gasteiger partial charge < -0.3 is 0 Å². The molecule has 2 heterocycles. The van der Waals surface area contributed by atoms with E-state index in [1.165, 1.54) is 132 Å². The Morgan fingerprint density at radius 3 is 0.778 bits per heavy atom. The van der Waals surface area contributed by atoms with Crippen LogP contribution in [0.4, 0.5) is 0 Å². The van der Waals surface area contributed by atoms with Gasteiger partial charge in [-0.1, -0.05) is 0 Å². The number of methoxy groups -OCH3 is 4. The minimum atomic E-state index is -7.87. The fraction of sp³-hybridized carbons (Fsp3) is 0.200. The third-order valence-corrected chi connectivity index (χ3v) is 112. The summed E-state index contributed by atoms with van der Waals surface area (Å²) < 4.78 is 20.9. The number of fused-ring (bicyclic) bond motifs is 12. The van der Waals surface area contributed by atoms with Crippen molar-refractivity contribution >= 4 is 77.7 Å². The van der Waals surface area contributed by atoms with Crippen LogP contribution in [-0.2, 0) is 14.9 Å². The van der Waals surface area contributed by atoms with E-state index in [2.05, 4.69) is 308 Å². The molecule has 0 saturated carbocycles. The first-order valence-electron chi connectivity index (χ1n) is 35.2. The molecule has 8 unspecified atom stereocenters. The predicted octanol–water partition coefficient (Wildman–Crippen LogP) is 23.4. The van der Waals surface area contributed by atoms with Crippen LogP contribution in [0.1, 0.15) is 73.6 Å². The van der Waals surface area contributed by atoms with Crippen molar-refractivity contribution in [3.63, 3.8) is 0 Å². The van der Waals surface area contributed by atoms with Crippen LogP contribution in [0.5, 0.6) is 23.0 Å². The van der Waals surface area contributed by atoms with E-state index in [0.717, 1.165) is 23.0 Å². The van der Waals surface area contributed by atoms with Crippen LogP contribution in [-0.4, -0.2) is 46.0 Å². The van der Waals surface area contributed by atoms with Crippen LogP contribution >= 0.6 is 17.0 Å². The number of allylic oxidation sites excluding steroid dienone is 32. The zero-order chi connectivity index (χ0) is 68.0. The second-order valence-corrected chi connectivity index (χ2v) is 69.5. The monoisotopic (exact) mass is 1440 g/mol. The van der Waals surface area contributed by atoms with Gasteiger partial charge in [0, 0.05) is 0 Å². The molecule has 2 saturated heterocycles. The van der Waals surface area contributed by atoms with Gasteiger partial charge in [-0.3, -0.25) is 0 Å². The third-order valence-electron chi connectivity index (χ3n) is 27.0. The zero-order valence-electron chi connectivity index (χ0n) is 57.8. The van der Waals surface area contributed by atoms with E-state index < -0.39 is 43.5 Å². The number of rotatable bonds is 8. The van der Waals surface area contributed by atoms with Gasteiger partial charge in [-0.2, -0.15) is 0 Å². The maximum atomic E-state index is 11.7. The quantitative estimate of drug-likeness (QED) is 0.142. The van der Waals surface area contributed by atoms with Crippen molar-refractivity contribution in [2.24, 2.45) is 0 Å². The standard InChI is InChI=1S/2C45H40O2Si.2ClH.Zr/c2*1-28-24-42-36(34-18-10-12-30-20-22-32(46-3)26-40(30)34)14-6-8-16-38(42)44(28)48(5)45-29(2)25-43-37(15-7-9-17-39(43)45)35-19-11-13-31-21-23-33(47-4)27-41(31)35;;;/h2*6-27,36-37,48H,1-5H3;2*1H;/q;;;;+2/p-2. The van der Waals surface area contributed by atoms with Gasteiger partial charge >= 0.3 is 595 Å². The van der Waals surface area contributed by atoms with Crippen LogP contribution in [0.15, 0.2) is 334 Å². The van der Waals surface area contributed by atoms with Crippen LogP contribution in [0.3, 0.4) is 0 Å². The molecule has 2 aliphatic heterocycles. The van der Waals surface area contributed by atoms with E-state index in [1.54, 1.807) is 28.4 Å². The van der Waals surface area contributed by atoms with E-state index in [4.69, 9.17) is 18.9 Å².